The van der Waals surface area contributed by atoms with Crippen LogP contribution in [0.4, 0.5) is 0 Å². The maximum atomic E-state index is 10.9. The smallest absolute Gasteiger partial charge is 0.336 e. The Hall–Kier alpha value is -1.06. The Morgan fingerprint density at radius 2 is 2.33 bits per heavy atom. The fourth-order valence-electron chi connectivity index (χ4n) is 1.52. The van der Waals surface area contributed by atoms with Crippen molar-refractivity contribution in [1.29, 1.82) is 0 Å². The Bertz CT molecular complexity index is 385. The van der Waals surface area contributed by atoms with E-state index in [0.29, 0.717) is 16.7 Å². The molecule has 4 heteroatoms. The lowest BCUT2D eigenvalue weighted by Gasteiger charge is -2.05. The second-order valence-electron chi connectivity index (χ2n) is 3.60. The number of carboxylic acid groups (broad SMARTS) is 1. The highest BCUT2D eigenvalue weighted by Gasteiger charge is 2.22. The molecule has 0 radical (unpaired) electrons. The summed E-state index contributed by atoms with van der Waals surface area (Å²) in [6.07, 6.45) is 1.92. The molecule has 80 valence electrons. The van der Waals surface area contributed by atoms with Crippen LogP contribution in [0.5, 0.6) is 0 Å². The van der Waals surface area contributed by atoms with Gasteiger partial charge >= 0.3 is 5.97 Å². The molecule has 1 atom stereocenters. The standard InChI is InChI=1S/C11H11ClO3/c12-8-3-1-7(2-4-9-6-15-9)10(5-8)11(13)14/h1,3,5,9H,2,4,6H2,(H,13,14). The van der Waals surface area contributed by atoms with Crippen LogP contribution in [0.1, 0.15) is 22.3 Å². The molecule has 1 aromatic rings. The third-order valence-electron chi connectivity index (χ3n) is 2.44. The molecule has 0 saturated carbocycles. The Balaban J connectivity index is 2.15. The van der Waals surface area contributed by atoms with Crippen LogP contribution in [-0.4, -0.2) is 23.8 Å². The van der Waals surface area contributed by atoms with E-state index < -0.39 is 5.97 Å². The molecule has 0 aromatic heterocycles. The predicted octanol–water partition coefficient (Wildman–Crippen LogP) is 2.37. The van der Waals surface area contributed by atoms with Gasteiger partial charge in [0.15, 0.2) is 0 Å². The number of aryl methyl sites for hydroxylation is 1. The van der Waals surface area contributed by atoms with Gasteiger partial charge in [0.2, 0.25) is 0 Å². The van der Waals surface area contributed by atoms with E-state index in [4.69, 9.17) is 21.4 Å². The first-order valence-electron chi connectivity index (χ1n) is 4.80. The molecule has 0 spiro atoms. The minimum atomic E-state index is -0.927. The van der Waals surface area contributed by atoms with Gasteiger partial charge in [0.1, 0.15) is 0 Å². The van der Waals surface area contributed by atoms with Gasteiger partial charge in [0.05, 0.1) is 18.3 Å². The highest BCUT2D eigenvalue weighted by atomic mass is 35.5. The minimum absolute atomic E-state index is 0.295. The zero-order chi connectivity index (χ0) is 10.8. The average molecular weight is 227 g/mol. The highest BCUT2D eigenvalue weighted by molar-refractivity contribution is 6.30. The summed E-state index contributed by atoms with van der Waals surface area (Å²) >= 11 is 5.75. The number of epoxide rings is 1. The quantitative estimate of drug-likeness (QED) is 0.802. The van der Waals surface area contributed by atoms with Crippen molar-refractivity contribution >= 4 is 17.6 Å². The fraction of sp³-hybridized carbons (Fsp3) is 0.364. The van der Waals surface area contributed by atoms with Gasteiger partial charge in [-0.15, -0.1) is 0 Å². The molecule has 3 nitrogen and oxygen atoms in total. The van der Waals surface area contributed by atoms with E-state index in [0.717, 1.165) is 25.0 Å². The van der Waals surface area contributed by atoms with Crippen molar-refractivity contribution in [2.24, 2.45) is 0 Å². The molecule has 1 unspecified atom stereocenters. The lowest BCUT2D eigenvalue weighted by atomic mass is 10.0. The van der Waals surface area contributed by atoms with Crippen molar-refractivity contribution in [1.82, 2.24) is 0 Å². The summed E-state index contributed by atoms with van der Waals surface area (Å²) in [6.45, 7) is 0.802. The van der Waals surface area contributed by atoms with E-state index >= 15 is 0 Å². The van der Waals surface area contributed by atoms with Gasteiger partial charge in [-0.1, -0.05) is 17.7 Å². The molecule has 0 amide bonds. The lowest BCUT2D eigenvalue weighted by Crippen LogP contribution is -2.03. The van der Waals surface area contributed by atoms with Crippen LogP contribution in [0.15, 0.2) is 18.2 Å². The first-order chi connectivity index (χ1) is 7.16. The molecule has 1 N–H and O–H groups in total. The van der Waals surface area contributed by atoms with Crippen LogP contribution in [0.2, 0.25) is 5.02 Å². The zero-order valence-corrected chi connectivity index (χ0v) is 8.83. The molecule has 1 saturated heterocycles. The SMILES string of the molecule is O=C(O)c1cc(Cl)ccc1CCC1CO1. The Kier molecular flexibility index (Phi) is 2.93. The number of carboxylic acids is 1. The lowest BCUT2D eigenvalue weighted by molar-refractivity contribution is 0.0695. The molecule has 0 bridgehead atoms. The van der Waals surface area contributed by atoms with Crippen molar-refractivity contribution in [2.45, 2.75) is 18.9 Å². The molecule has 1 heterocycles. The van der Waals surface area contributed by atoms with E-state index in [9.17, 15) is 4.79 Å². The molecular formula is C11H11ClO3. The molecule has 1 aliphatic rings. The van der Waals surface area contributed by atoms with Gasteiger partial charge in [-0.3, -0.25) is 0 Å². The number of hydrogen-bond acceptors (Lipinski definition) is 2. The van der Waals surface area contributed by atoms with Crippen molar-refractivity contribution in [3.05, 3.63) is 34.3 Å². The third kappa shape index (κ3) is 2.70. The van der Waals surface area contributed by atoms with Crippen LogP contribution < -0.4 is 0 Å². The van der Waals surface area contributed by atoms with Crippen LogP contribution in [0.3, 0.4) is 0 Å². The normalized spacial score (nSPS) is 18.9. The number of halogens is 1. The van der Waals surface area contributed by atoms with Crippen molar-refractivity contribution in [3.63, 3.8) is 0 Å². The fourth-order valence-corrected chi connectivity index (χ4v) is 1.69. The van der Waals surface area contributed by atoms with E-state index in [2.05, 4.69) is 0 Å². The molecule has 2 rings (SSSR count). The Morgan fingerprint density at radius 1 is 1.60 bits per heavy atom. The third-order valence-corrected chi connectivity index (χ3v) is 2.68. The molecule has 1 aromatic carbocycles. The van der Waals surface area contributed by atoms with Gasteiger partial charge in [-0.2, -0.15) is 0 Å². The van der Waals surface area contributed by atoms with Crippen LogP contribution in [0, 0.1) is 0 Å². The number of aromatic carboxylic acids is 1. The molecular weight excluding hydrogens is 216 g/mol. The van der Waals surface area contributed by atoms with Crippen molar-refractivity contribution < 1.29 is 14.6 Å². The summed E-state index contributed by atoms with van der Waals surface area (Å²) in [5, 5.41) is 9.44. The molecule has 1 fully saturated rings. The predicted molar refractivity (Wildman–Crippen MR) is 56.5 cm³/mol. The second kappa shape index (κ2) is 4.21. The van der Waals surface area contributed by atoms with Gasteiger partial charge in [0, 0.05) is 5.02 Å². The largest absolute Gasteiger partial charge is 0.478 e. The summed E-state index contributed by atoms with van der Waals surface area (Å²) in [7, 11) is 0. The second-order valence-corrected chi connectivity index (χ2v) is 4.04. The molecule has 1 aliphatic heterocycles. The van der Waals surface area contributed by atoms with E-state index in [1.807, 2.05) is 0 Å². The summed E-state index contributed by atoms with van der Waals surface area (Å²) in [6, 6.07) is 4.98. The first kappa shape index (κ1) is 10.5. The van der Waals surface area contributed by atoms with Gasteiger partial charge in [0.25, 0.3) is 0 Å². The van der Waals surface area contributed by atoms with Crippen LogP contribution in [0.25, 0.3) is 0 Å². The number of ether oxygens (including phenoxy) is 1. The Labute approximate surface area is 92.6 Å². The highest BCUT2D eigenvalue weighted by Crippen LogP contribution is 2.21. The summed E-state index contributed by atoms with van der Waals surface area (Å²) in [4.78, 5) is 10.9. The van der Waals surface area contributed by atoms with Gasteiger partial charge in [-0.05, 0) is 30.5 Å². The van der Waals surface area contributed by atoms with E-state index in [-0.39, 0.29) is 0 Å². The maximum absolute atomic E-state index is 10.9. The summed E-state index contributed by atoms with van der Waals surface area (Å²) in [5.41, 5.74) is 1.12. The number of hydrogen-bond donors (Lipinski definition) is 1. The number of carbonyl (C=O) groups is 1. The topological polar surface area (TPSA) is 49.8 Å². The first-order valence-corrected chi connectivity index (χ1v) is 5.18. The minimum Gasteiger partial charge on any atom is -0.478 e. The number of benzene rings is 1. The molecule has 0 aliphatic carbocycles. The van der Waals surface area contributed by atoms with Crippen molar-refractivity contribution in [3.8, 4) is 0 Å². The van der Waals surface area contributed by atoms with Gasteiger partial charge < -0.3 is 9.84 Å². The summed E-state index contributed by atoms with van der Waals surface area (Å²) < 4.78 is 5.08. The average Bonchev–Trinajstić information content (AvgIpc) is 2.99. The van der Waals surface area contributed by atoms with Crippen LogP contribution >= 0.6 is 11.6 Å². The monoisotopic (exact) mass is 226 g/mol. The van der Waals surface area contributed by atoms with E-state index in [1.165, 1.54) is 6.07 Å². The zero-order valence-electron chi connectivity index (χ0n) is 8.07. The Morgan fingerprint density at radius 3 is 2.93 bits per heavy atom. The van der Waals surface area contributed by atoms with Gasteiger partial charge in [-0.25, -0.2) is 4.79 Å². The molecule has 15 heavy (non-hydrogen) atoms. The summed E-state index contributed by atoms with van der Waals surface area (Å²) in [5.74, 6) is -0.927. The van der Waals surface area contributed by atoms with E-state index in [1.54, 1.807) is 12.1 Å². The maximum Gasteiger partial charge on any atom is 0.336 e. The van der Waals surface area contributed by atoms with Crippen molar-refractivity contribution in [2.75, 3.05) is 6.61 Å². The van der Waals surface area contributed by atoms with Crippen LogP contribution in [-0.2, 0) is 11.2 Å². The number of rotatable bonds is 4.